The van der Waals surface area contributed by atoms with Crippen LogP contribution in [-0.4, -0.2) is 42.5 Å². The minimum atomic E-state index is 0.0538. The van der Waals surface area contributed by atoms with E-state index in [0.717, 1.165) is 32.5 Å². The van der Waals surface area contributed by atoms with E-state index in [9.17, 15) is 4.79 Å². The van der Waals surface area contributed by atoms with Crippen LogP contribution < -0.4 is 14.9 Å². The van der Waals surface area contributed by atoms with Crippen molar-refractivity contribution in [2.75, 3.05) is 29.9 Å². The first-order valence-electron chi connectivity index (χ1n) is 10.4. The molecule has 5 nitrogen and oxygen atoms in total. The van der Waals surface area contributed by atoms with Crippen molar-refractivity contribution in [3.05, 3.63) is 23.8 Å². The van der Waals surface area contributed by atoms with Crippen molar-refractivity contribution in [1.82, 2.24) is 4.72 Å². The van der Waals surface area contributed by atoms with E-state index < -0.39 is 0 Å². The minimum Gasteiger partial charge on any atom is -0.385 e. The predicted octanol–water partition coefficient (Wildman–Crippen LogP) is 4.75. The second-order valence-corrected chi connectivity index (χ2v) is 10.4. The molecule has 0 spiro atoms. The standard InChI is InChI=1S/C22H37N3O2S/c1-16-13-19(25-14-17(2)27-18(3)15-25)10-11-20(16)23-12-8-7-9-21(26)24-28-22(4,5)6/h10-11,13,17-18,23H,7-9,12,14-15H2,1-6H3,(H,24,26). The zero-order chi connectivity index (χ0) is 20.7. The first-order valence-corrected chi connectivity index (χ1v) is 11.2. The third kappa shape index (κ3) is 7.92. The lowest BCUT2D eigenvalue weighted by Crippen LogP contribution is -2.45. The molecule has 28 heavy (non-hydrogen) atoms. The van der Waals surface area contributed by atoms with E-state index in [2.05, 4.69) is 74.7 Å². The highest BCUT2D eigenvalue weighted by Crippen LogP contribution is 2.25. The summed E-state index contributed by atoms with van der Waals surface area (Å²) in [5.74, 6) is 0.120. The highest BCUT2D eigenvalue weighted by Gasteiger charge is 2.22. The number of morpholine rings is 1. The van der Waals surface area contributed by atoms with Crippen LogP contribution in [0.2, 0.25) is 0 Å². The van der Waals surface area contributed by atoms with Crippen LogP contribution in [-0.2, 0) is 9.53 Å². The molecule has 0 radical (unpaired) electrons. The number of benzene rings is 1. The van der Waals surface area contributed by atoms with Crippen molar-refractivity contribution < 1.29 is 9.53 Å². The number of amides is 1. The summed E-state index contributed by atoms with van der Waals surface area (Å²) < 4.78 is 8.81. The highest BCUT2D eigenvalue weighted by molar-refractivity contribution is 7.99. The monoisotopic (exact) mass is 407 g/mol. The highest BCUT2D eigenvalue weighted by atomic mass is 32.2. The molecule has 0 bridgehead atoms. The van der Waals surface area contributed by atoms with Crippen molar-refractivity contribution >= 4 is 29.2 Å². The van der Waals surface area contributed by atoms with Gasteiger partial charge in [0.2, 0.25) is 5.91 Å². The fraction of sp³-hybridized carbons (Fsp3) is 0.682. The molecule has 0 aromatic heterocycles. The fourth-order valence-corrected chi connectivity index (χ4v) is 3.85. The van der Waals surface area contributed by atoms with Crippen LogP contribution in [0.25, 0.3) is 0 Å². The first-order chi connectivity index (χ1) is 13.1. The first kappa shape index (κ1) is 22.9. The van der Waals surface area contributed by atoms with Crippen molar-refractivity contribution in [2.24, 2.45) is 0 Å². The Kier molecular flexibility index (Phi) is 8.50. The molecule has 1 amide bonds. The second-order valence-electron chi connectivity index (χ2n) is 8.79. The van der Waals surface area contributed by atoms with Gasteiger partial charge in [-0.3, -0.25) is 9.52 Å². The van der Waals surface area contributed by atoms with Gasteiger partial charge in [-0.05, 0) is 90.1 Å². The van der Waals surface area contributed by atoms with Gasteiger partial charge in [-0.15, -0.1) is 0 Å². The number of nitrogens with zero attached hydrogens (tertiary/aromatic N) is 1. The number of anilines is 2. The van der Waals surface area contributed by atoms with E-state index >= 15 is 0 Å². The van der Waals surface area contributed by atoms with Gasteiger partial charge in [0.15, 0.2) is 0 Å². The molecule has 0 aliphatic carbocycles. The predicted molar refractivity (Wildman–Crippen MR) is 121 cm³/mol. The minimum absolute atomic E-state index is 0.0538. The molecule has 2 N–H and O–H groups in total. The Bertz CT molecular complexity index is 635. The van der Waals surface area contributed by atoms with Crippen molar-refractivity contribution in [3.63, 3.8) is 0 Å². The second kappa shape index (κ2) is 10.4. The van der Waals surface area contributed by atoms with Crippen LogP contribution in [0.1, 0.15) is 59.4 Å². The van der Waals surface area contributed by atoms with E-state index in [1.807, 2.05) is 0 Å². The average Bonchev–Trinajstić information content (AvgIpc) is 2.59. The number of carbonyl (C=O) groups is 1. The van der Waals surface area contributed by atoms with Crippen LogP contribution >= 0.6 is 11.9 Å². The van der Waals surface area contributed by atoms with Gasteiger partial charge in [-0.2, -0.15) is 0 Å². The van der Waals surface area contributed by atoms with E-state index in [1.54, 1.807) is 0 Å². The van der Waals surface area contributed by atoms with Crippen LogP contribution in [0.15, 0.2) is 18.2 Å². The Morgan fingerprint density at radius 3 is 2.50 bits per heavy atom. The van der Waals surface area contributed by atoms with Crippen LogP contribution in [0, 0.1) is 6.92 Å². The SMILES string of the molecule is Cc1cc(N2CC(C)OC(C)C2)ccc1NCCCCC(=O)NSC(C)(C)C. The van der Waals surface area contributed by atoms with Crippen molar-refractivity contribution in [1.29, 1.82) is 0 Å². The van der Waals surface area contributed by atoms with Crippen molar-refractivity contribution in [2.45, 2.75) is 77.8 Å². The summed E-state index contributed by atoms with van der Waals surface area (Å²) >= 11 is 1.49. The molecule has 1 aliphatic heterocycles. The zero-order valence-corrected chi connectivity index (χ0v) is 19.1. The Balaban J connectivity index is 1.72. The normalized spacial score (nSPS) is 20.1. The average molecular weight is 408 g/mol. The summed E-state index contributed by atoms with van der Waals surface area (Å²) in [7, 11) is 0. The van der Waals surface area contributed by atoms with Gasteiger partial charge in [0.25, 0.3) is 0 Å². The van der Waals surface area contributed by atoms with Gasteiger partial charge in [0, 0.05) is 42.2 Å². The Hall–Kier alpha value is -1.40. The number of hydrogen-bond donors (Lipinski definition) is 2. The number of carbonyl (C=O) groups excluding carboxylic acids is 1. The van der Waals surface area contributed by atoms with Crippen molar-refractivity contribution in [3.8, 4) is 0 Å². The number of unbranched alkanes of at least 4 members (excludes halogenated alkanes) is 1. The van der Waals surface area contributed by atoms with Crippen LogP contribution in [0.5, 0.6) is 0 Å². The summed E-state index contributed by atoms with van der Waals surface area (Å²) in [5.41, 5.74) is 3.69. The molecule has 6 heteroatoms. The quantitative estimate of drug-likeness (QED) is 0.481. The maximum absolute atomic E-state index is 11.8. The lowest BCUT2D eigenvalue weighted by Gasteiger charge is -2.37. The van der Waals surface area contributed by atoms with Gasteiger partial charge < -0.3 is 15.0 Å². The van der Waals surface area contributed by atoms with Gasteiger partial charge in [0.1, 0.15) is 0 Å². The number of hydrogen-bond acceptors (Lipinski definition) is 5. The van der Waals surface area contributed by atoms with Gasteiger partial charge in [0.05, 0.1) is 12.2 Å². The molecule has 2 unspecified atom stereocenters. The fourth-order valence-electron chi connectivity index (χ4n) is 3.33. The van der Waals surface area contributed by atoms with Gasteiger partial charge in [-0.25, -0.2) is 0 Å². The maximum atomic E-state index is 11.8. The van der Waals surface area contributed by atoms with E-state index in [1.165, 1.54) is 28.9 Å². The van der Waals surface area contributed by atoms with Crippen LogP contribution in [0.3, 0.4) is 0 Å². The molecule has 1 heterocycles. The Labute approximate surface area is 175 Å². The van der Waals surface area contributed by atoms with Gasteiger partial charge in [-0.1, -0.05) is 0 Å². The van der Waals surface area contributed by atoms with E-state index in [0.29, 0.717) is 6.42 Å². The van der Waals surface area contributed by atoms with E-state index in [4.69, 9.17) is 4.74 Å². The molecule has 1 aliphatic rings. The smallest absolute Gasteiger partial charge is 0.229 e. The van der Waals surface area contributed by atoms with E-state index in [-0.39, 0.29) is 22.9 Å². The molecular formula is C22H37N3O2S. The molecule has 158 valence electrons. The molecular weight excluding hydrogens is 370 g/mol. The summed E-state index contributed by atoms with van der Waals surface area (Å²) in [6.07, 6.45) is 2.98. The molecule has 2 atom stereocenters. The Morgan fingerprint density at radius 2 is 1.89 bits per heavy atom. The molecule has 1 fully saturated rings. The summed E-state index contributed by atoms with van der Waals surface area (Å²) in [6, 6.07) is 6.61. The number of nitrogens with one attached hydrogen (secondary N) is 2. The number of rotatable bonds is 8. The molecule has 1 saturated heterocycles. The number of aryl methyl sites for hydroxylation is 1. The van der Waals surface area contributed by atoms with Gasteiger partial charge >= 0.3 is 0 Å². The topological polar surface area (TPSA) is 53.6 Å². The summed E-state index contributed by atoms with van der Waals surface area (Å²) in [4.78, 5) is 14.3. The molecule has 2 rings (SSSR count). The van der Waals surface area contributed by atoms with Crippen LogP contribution in [0.4, 0.5) is 11.4 Å². The third-order valence-electron chi connectivity index (χ3n) is 4.61. The summed E-state index contributed by atoms with van der Waals surface area (Å²) in [5, 5.41) is 3.51. The Morgan fingerprint density at radius 1 is 1.21 bits per heavy atom. The maximum Gasteiger partial charge on any atom is 0.229 e. The molecule has 0 saturated carbocycles. The lowest BCUT2D eigenvalue weighted by molar-refractivity contribution is -0.119. The molecule has 1 aromatic rings. The third-order valence-corrected chi connectivity index (χ3v) is 5.55. The number of ether oxygens (including phenoxy) is 1. The zero-order valence-electron chi connectivity index (χ0n) is 18.3. The molecule has 1 aromatic carbocycles. The summed E-state index contributed by atoms with van der Waals surface area (Å²) in [6.45, 7) is 15.4. The largest absolute Gasteiger partial charge is 0.385 e. The lowest BCUT2D eigenvalue weighted by atomic mass is 10.1.